The Morgan fingerprint density at radius 3 is 2.75 bits per heavy atom. The molecule has 0 radical (unpaired) electrons. The van der Waals surface area contributed by atoms with Gasteiger partial charge in [0, 0.05) is 35.4 Å². The zero-order valence-electron chi connectivity index (χ0n) is 14.2. The summed E-state index contributed by atoms with van der Waals surface area (Å²) in [6.07, 6.45) is 4.44. The third-order valence-electron chi connectivity index (χ3n) is 3.97. The molecule has 1 aliphatic heterocycles. The number of halogens is 1. The van der Waals surface area contributed by atoms with Gasteiger partial charge in [0.1, 0.15) is 11.3 Å². The fourth-order valence-electron chi connectivity index (χ4n) is 2.65. The maximum Gasteiger partial charge on any atom is 0.290 e. The van der Waals surface area contributed by atoms with E-state index in [9.17, 15) is 14.4 Å². The van der Waals surface area contributed by atoms with Gasteiger partial charge >= 0.3 is 0 Å². The molecule has 1 aliphatic rings. The third-order valence-corrected chi connectivity index (χ3v) is 5.03. The third kappa shape index (κ3) is 3.78. The fraction of sp³-hybridized carbons (Fsp3) is 0.0526. The molecule has 0 saturated carbocycles. The number of benzene rings is 1. The van der Waals surface area contributed by atoms with E-state index in [1.807, 2.05) is 12.1 Å². The van der Waals surface area contributed by atoms with Crippen LogP contribution in [-0.2, 0) is 11.3 Å². The van der Waals surface area contributed by atoms with Gasteiger partial charge in [-0.1, -0.05) is 23.7 Å². The molecule has 7 nitrogen and oxygen atoms in total. The number of fused-ring (bicyclic) bond motifs is 1. The van der Waals surface area contributed by atoms with Crippen molar-refractivity contribution in [2.75, 3.05) is 0 Å². The Labute approximate surface area is 168 Å². The molecule has 140 valence electrons. The molecule has 0 spiro atoms. The van der Waals surface area contributed by atoms with Crippen LogP contribution in [0.5, 0.6) is 0 Å². The summed E-state index contributed by atoms with van der Waals surface area (Å²) in [5, 5.41) is 5.79. The molecule has 2 aromatic heterocycles. The molecule has 3 aromatic rings. The van der Waals surface area contributed by atoms with Crippen molar-refractivity contribution in [1.82, 2.24) is 15.6 Å². The summed E-state index contributed by atoms with van der Waals surface area (Å²) in [5.74, 6) is -0.471. The molecule has 2 N–H and O–H groups in total. The van der Waals surface area contributed by atoms with Gasteiger partial charge in [-0.25, -0.2) is 0 Å². The van der Waals surface area contributed by atoms with Crippen molar-refractivity contribution in [1.29, 1.82) is 0 Å². The van der Waals surface area contributed by atoms with E-state index in [-0.39, 0.29) is 16.4 Å². The molecule has 9 heteroatoms. The van der Waals surface area contributed by atoms with Crippen LogP contribution in [0, 0.1) is 0 Å². The predicted molar refractivity (Wildman–Crippen MR) is 106 cm³/mol. The predicted octanol–water partition coefficient (Wildman–Crippen LogP) is 3.74. The van der Waals surface area contributed by atoms with Gasteiger partial charge in [0.05, 0.1) is 4.91 Å². The smallest absolute Gasteiger partial charge is 0.290 e. The molecule has 3 amide bonds. The molecule has 1 saturated heterocycles. The minimum absolute atomic E-state index is 0.228. The molecule has 1 aromatic carbocycles. The molecular weight excluding hydrogens is 402 g/mol. The summed E-state index contributed by atoms with van der Waals surface area (Å²) in [6, 6.07) is 8.80. The molecule has 0 bridgehead atoms. The van der Waals surface area contributed by atoms with Crippen LogP contribution < -0.4 is 10.6 Å². The number of carbonyl (C=O) groups excluding carboxylic acids is 3. The lowest BCUT2D eigenvalue weighted by atomic mass is 10.2. The zero-order chi connectivity index (χ0) is 19.7. The largest absolute Gasteiger partial charge is 0.456 e. The molecule has 4 rings (SSSR count). The van der Waals surface area contributed by atoms with E-state index < -0.39 is 11.1 Å². The first kappa shape index (κ1) is 18.3. The lowest BCUT2D eigenvalue weighted by Gasteiger charge is -2.05. The van der Waals surface area contributed by atoms with Crippen molar-refractivity contribution >= 4 is 57.5 Å². The molecule has 0 atom stereocenters. The van der Waals surface area contributed by atoms with Crippen LogP contribution in [0.25, 0.3) is 17.0 Å². The van der Waals surface area contributed by atoms with Crippen LogP contribution >= 0.6 is 23.4 Å². The molecule has 3 heterocycles. The van der Waals surface area contributed by atoms with Gasteiger partial charge in [-0.15, -0.1) is 0 Å². The zero-order valence-corrected chi connectivity index (χ0v) is 15.8. The van der Waals surface area contributed by atoms with Gasteiger partial charge in [0.2, 0.25) is 0 Å². The van der Waals surface area contributed by atoms with E-state index in [1.165, 1.54) is 12.3 Å². The molecule has 1 fully saturated rings. The molecule has 0 unspecified atom stereocenters. The van der Waals surface area contributed by atoms with E-state index >= 15 is 0 Å². The number of imide groups is 1. The molecule has 0 aliphatic carbocycles. The topological polar surface area (TPSA) is 101 Å². The Balaban J connectivity index is 1.57. The van der Waals surface area contributed by atoms with E-state index in [4.69, 9.17) is 16.0 Å². The maximum absolute atomic E-state index is 12.6. The first-order valence-electron chi connectivity index (χ1n) is 8.14. The van der Waals surface area contributed by atoms with Crippen molar-refractivity contribution in [3.8, 4) is 0 Å². The van der Waals surface area contributed by atoms with E-state index in [2.05, 4.69) is 15.6 Å². The normalized spacial score (nSPS) is 15.2. The summed E-state index contributed by atoms with van der Waals surface area (Å²) in [4.78, 5) is 39.8. The van der Waals surface area contributed by atoms with Gasteiger partial charge in [-0.05, 0) is 35.5 Å². The highest BCUT2D eigenvalue weighted by Crippen LogP contribution is 2.29. The summed E-state index contributed by atoms with van der Waals surface area (Å²) < 4.78 is 5.73. The number of carbonyl (C=O) groups is 3. The molecular formula is C19H12ClN3O4S. The number of amides is 3. The monoisotopic (exact) mass is 413 g/mol. The van der Waals surface area contributed by atoms with Gasteiger partial charge in [0.25, 0.3) is 17.1 Å². The standard InChI is InChI=1S/C19H12ClN3O4S/c20-12-3-1-10(2-4-12)7-22-17(24)14-9-21-8-11-5-13(27-16(11)14)6-15-18(25)23-19(26)28-15/h1-6,8-9H,7H2,(H,22,24)(H,23,25,26). The van der Waals surface area contributed by atoms with Crippen molar-refractivity contribution in [2.24, 2.45) is 0 Å². The van der Waals surface area contributed by atoms with E-state index in [0.29, 0.717) is 28.3 Å². The van der Waals surface area contributed by atoms with Crippen LogP contribution in [0.2, 0.25) is 5.02 Å². The highest BCUT2D eigenvalue weighted by molar-refractivity contribution is 8.18. The number of pyridine rings is 1. The van der Waals surface area contributed by atoms with Crippen molar-refractivity contribution in [3.63, 3.8) is 0 Å². The highest BCUT2D eigenvalue weighted by atomic mass is 35.5. The number of hydrogen-bond acceptors (Lipinski definition) is 6. The van der Waals surface area contributed by atoms with Crippen LogP contribution in [-0.4, -0.2) is 22.0 Å². The van der Waals surface area contributed by atoms with Gasteiger partial charge in [-0.3, -0.25) is 24.7 Å². The van der Waals surface area contributed by atoms with Crippen LogP contribution in [0.1, 0.15) is 21.7 Å². The van der Waals surface area contributed by atoms with Crippen LogP contribution in [0.4, 0.5) is 4.79 Å². The summed E-state index contributed by atoms with van der Waals surface area (Å²) >= 11 is 6.65. The fourth-order valence-corrected chi connectivity index (χ4v) is 3.43. The average molecular weight is 414 g/mol. The Hall–Kier alpha value is -3.10. The number of thioether (sulfide) groups is 1. The van der Waals surface area contributed by atoms with Crippen LogP contribution in [0.15, 0.2) is 52.0 Å². The second-order valence-electron chi connectivity index (χ2n) is 5.92. The Bertz CT molecular complexity index is 1140. The lowest BCUT2D eigenvalue weighted by Crippen LogP contribution is -2.23. The Morgan fingerprint density at radius 1 is 1.25 bits per heavy atom. The van der Waals surface area contributed by atoms with Crippen LogP contribution in [0.3, 0.4) is 0 Å². The summed E-state index contributed by atoms with van der Waals surface area (Å²) in [6.45, 7) is 0.322. The number of nitrogens with zero attached hydrogens (tertiary/aromatic N) is 1. The van der Waals surface area contributed by atoms with Crippen molar-refractivity contribution < 1.29 is 18.8 Å². The van der Waals surface area contributed by atoms with Gasteiger partial charge in [-0.2, -0.15) is 0 Å². The lowest BCUT2D eigenvalue weighted by molar-refractivity contribution is -0.115. The molecule has 28 heavy (non-hydrogen) atoms. The van der Waals surface area contributed by atoms with Gasteiger partial charge in [0.15, 0.2) is 5.58 Å². The Kier molecular flexibility index (Phi) is 4.89. The summed E-state index contributed by atoms with van der Waals surface area (Å²) in [7, 11) is 0. The minimum Gasteiger partial charge on any atom is -0.456 e. The van der Waals surface area contributed by atoms with E-state index in [0.717, 1.165) is 17.3 Å². The Morgan fingerprint density at radius 2 is 2.04 bits per heavy atom. The van der Waals surface area contributed by atoms with Crippen molar-refractivity contribution in [2.45, 2.75) is 6.54 Å². The SMILES string of the molecule is O=C1NC(=O)C(=Cc2cc3cncc(C(=O)NCc4ccc(Cl)cc4)c3o2)S1. The van der Waals surface area contributed by atoms with E-state index in [1.54, 1.807) is 24.4 Å². The quantitative estimate of drug-likeness (QED) is 0.632. The first-order chi connectivity index (χ1) is 13.5. The summed E-state index contributed by atoms with van der Waals surface area (Å²) in [5.41, 5.74) is 1.53. The highest BCUT2D eigenvalue weighted by Gasteiger charge is 2.25. The number of nitrogens with one attached hydrogen (secondary N) is 2. The number of hydrogen-bond donors (Lipinski definition) is 2. The number of rotatable bonds is 4. The second kappa shape index (κ2) is 7.49. The second-order valence-corrected chi connectivity index (χ2v) is 7.37. The maximum atomic E-state index is 12.6. The average Bonchev–Trinajstić information content (AvgIpc) is 3.22. The number of furan rings is 1. The number of aromatic nitrogens is 1. The van der Waals surface area contributed by atoms with Gasteiger partial charge < -0.3 is 9.73 Å². The van der Waals surface area contributed by atoms with Crippen molar-refractivity contribution in [3.05, 3.63) is 69.5 Å². The minimum atomic E-state index is -0.477. The first-order valence-corrected chi connectivity index (χ1v) is 9.34.